The first-order chi connectivity index (χ1) is 15.2. The van der Waals surface area contributed by atoms with Crippen molar-refractivity contribution in [1.82, 2.24) is 9.97 Å². The molecule has 1 amide bonds. The molecule has 0 aliphatic rings. The number of rotatable bonds is 9. The van der Waals surface area contributed by atoms with Gasteiger partial charge in [-0.1, -0.05) is 42.6 Å². The average molecular weight is 468 g/mol. The first-order valence-electron chi connectivity index (χ1n) is 10.0. The van der Waals surface area contributed by atoms with Gasteiger partial charge in [-0.05, 0) is 60.4 Å². The van der Waals surface area contributed by atoms with E-state index in [1.54, 1.807) is 11.8 Å². The molecule has 32 heavy (non-hydrogen) atoms. The van der Waals surface area contributed by atoms with Crippen LogP contribution < -0.4 is 5.32 Å². The summed E-state index contributed by atoms with van der Waals surface area (Å²) in [6.07, 6.45) is 5.41. The lowest BCUT2D eigenvalue weighted by atomic mass is 10.1. The normalized spacial score (nSPS) is 11.2. The molecule has 1 N–H and O–H groups in total. The van der Waals surface area contributed by atoms with Crippen molar-refractivity contribution in [3.8, 4) is 0 Å². The fourth-order valence-electron chi connectivity index (χ4n) is 2.87. The molecule has 0 saturated heterocycles. The molecule has 0 aliphatic heterocycles. The van der Waals surface area contributed by atoms with E-state index in [1.165, 1.54) is 12.3 Å². The van der Waals surface area contributed by atoms with Crippen LogP contribution in [0.25, 0.3) is 0 Å². The van der Waals surface area contributed by atoms with E-state index in [9.17, 15) is 13.2 Å². The lowest BCUT2D eigenvalue weighted by Gasteiger charge is -2.09. The van der Waals surface area contributed by atoms with Gasteiger partial charge in [0.25, 0.3) is 0 Å². The van der Waals surface area contributed by atoms with Gasteiger partial charge in [0.2, 0.25) is 5.91 Å². The molecule has 2 aromatic carbocycles. The molecule has 0 aliphatic carbocycles. The van der Waals surface area contributed by atoms with Gasteiger partial charge in [-0.25, -0.2) is 18.4 Å². The van der Waals surface area contributed by atoms with Crippen LogP contribution in [-0.2, 0) is 27.5 Å². The van der Waals surface area contributed by atoms with E-state index in [0.29, 0.717) is 18.5 Å². The van der Waals surface area contributed by atoms with Crippen molar-refractivity contribution in [1.29, 1.82) is 0 Å². The molecule has 0 unspecified atom stereocenters. The number of hydrogen-bond donors (Lipinski definition) is 1. The third-order valence-corrected chi connectivity index (χ3v) is 6.70. The average Bonchev–Trinajstić information content (AvgIpc) is 2.76. The van der Waals surface area contributed by atoms with Crippen molar-refractivity contribution in [2.24, 2.45) is 0 Å². The van der Waals surface area contributed by atoms with Crippen LogP contribution in [0, 0.1) is 6.92 Å². The zero-order chi connectivity index (χ0) is 23.1. The number of carbonyl (C=O) groups excluding carboxylic acids is 1. The molecule has 1 aromatic heterocycles. The highest BCUT2D eigenvalue weighted by molar-refractivity contribution is 7.99. The largest absolute Gasteiger partial charge is 0.323 e. The molecular formula is C24H25N3O3S2. The second kappa shape index (κ2) is 10.6. The topological polar surface area (TPSA) is 89.0 Å². The van der Waals surface area contributed by atoms with E-state index in [2.05, 4.69) is 16.9 Å². The van der Waals surface area contributed by atoms with Crippen molar-refractivity contribution in [3.63, 3.8) is 0 Å². The Bertz CT molecular complexity index is 1210. The van der Waals surface area contributed by atoms with Crippen LogP contribution in [0.3, 0.4) is 0 Å². The molecule has 0 bridgehead atoms. The molecule has 0 spiro atoms. The standard InChI is InChI=1S/C24H25N3O3S2/c1-4-23(28)26-20-9-11-21(12-10-20)31-24-17(2)16-25-22(27-24)15-19-7-5-18(6-8-19)13-14-32(3,29)30/h4-12,16H,1,13-15H2,2-3H3,(H,26,28). The maximum absolute atomic E-state index is 11.4. The molecular weight excluding hydrogens is 442 g/mol. The van der Waals surface area contributed by atoms with Crippen molar-refractivity contribution in [2.45, 2.75) is 29.7 Å². The Morgan fingerprint density at radius 2 is 1.75 bits per heavy atom. The van der Waals surface area contributed by atoms with Crippen molar-refractivity contribution >= 4 is 33.2 Å². The zero-order valence-electron chi connectivity index (χ0n) is 18.0. The number of benzene rings is 2. The van der Waals surface area contributed by atoms with Gasteiger partial charge in [0.05, 0.1) is 5.75 Å². The van der Waals surface area contributed by atoms with Gasteiger partial charge in [0, 0.05) is 29.5 Å². The molecule has 3 rings (SSSR count). The summed E-state index contributed by atoms with van der Waals surface area (Å²) in [5.41, 5.74) is 3.75. The van der Waals surface area contributed by atoms with Crippen LogP contribution in [0.5, 0.6) is 0 Å². The summed E-state index contributed by atoms with van der Waals surface area (Å²) in [7, 11) is -2.97. The third kappa shape index (κ3) is 7.32. The number of hydrogen-bond acceptors (Lipinski definition) is 6. The van der Waals surface area contributed by atoms with E-state index in [4.69, 9.17) is 4.98 Å². The molecule has 8 heteroatoms. The second-order valence-corrected chi connectivity index (χ2v) is 10.8. The summed E-state index contributed by atoms with van der Waals surface area (Å²) in [6, 6.07) is 15.4. The molecule has 166 valence electrons. The molecule has 1 heterocycles. The Kier molecular flexibility index (Phi) is 7.82. The smallest absolute Gasteiger partial charge is 0.247 e. The van der Waals surface area contributed by atoms with Crippen LogP contribution in [0.4, 0.5) is 5.69 Å². The van der Waals surface area contributed by atoms with Gasteiger partial charge in [-0.15, -0.1) is 0 Å². The number of anilines is 1. The van der Waals surface area contributed by atoms with E-state index >= 15 is 0 Å². The van der Waals surface area contributed by atoms with Crippen LogP contribution in [-0.4, -0.2) is 36.3 Å². The minimum absolute atomic E-state index is 0.148. The first kappa shape index (κ1) is 23.7. The monoisotopic (exact) mass is 467 g/mol. The Hall–Kier alpha value is -2.97. The number of nitrogens with one attached hydrogen (secondary N) is 1. The third-order valence-electron chi connectivity index (χ3n) is 4.64. The maximum atomic E-state index is 11.4. The summed E-state index contributed by atoms with van der Waals surface area (Å²) in [5, 5.41) is 3.61. The molecule has 0 saturated carbocycles. The summed E-state index contributed by atoms with van der Waals surface area (Å²) >= 11 is 1.54. The van der Waals surface area contributed by atoms with E-state index in [-0.39, 0.29) is 11.7 Å². The molecule has 0 atom stereocenters. The van der Waals surface area contributed by atoms with Gasteiger partial charge in [-0.3, -0.25) is 4.79 Å². The van der Waals surface area contributed by atoms with Crippen molar-refractivity contribution < 1.29 is 13.2 Å². The number of amides is 1. The van der Waals surface area contributed by atoms with E-state index in [1.807, 2.05) is 61.7 Å². The van der Waals surface area contributed by atoms with Crippen LogP contribution in [0.15, 0.2) is 77.3 Å². The van der Waals surface area contributed by atoms with E-state index < -0.39 is 9.84 Å². The molecule has 6 nitrogen and oxygen atoms in total. The van der Waals surface area contributed by atoms with Crippen molar-refractivity contribution in [3.05, 3.63) is 89.9 Å². The Morgan fingerprint density at radius 1 is 1.09 bits per heavy atom. The summed E-state index contributed by atoms with van der Waals surface area (Å²) in [4.78, 5) is 21.6. The quantitative estimate of drug-likeness (QED) is 0.374. The van der Waals surface area contributed by atoms with Gasteiger partial charge in [0.1, 0.15) is 20.7 Å². The van der Waals surface area contributed by atoms with Gasteiger partial charge in [0.15, 0.2) is 0 Å². The molecule has 3 aromatic rings. The minimum Gasteiger partial charge on any atom is -0.323 e. The number of sulfone groups is 1. The first-order valence-corrected chi connectivity index (χ1v) is 12.9. The Balaban J connectivity index is 1.66. The second-order valence-electron chi connectivity index (χ2n) is 7.47. The Labute approximate surface area is 193 Å². The van der Waals surface area contributed by atoms with Gasteiger partial charge < -0.3 is 5.32 Å². The molecule has 0 radical (unpaired) electrons. The summed E-state index contributed by atoms with van der Waals surface area (Å²) in [5.74, 6) is 0.622. The zero-order valence-corrected chi connectivity index (χ0v) is 19.7. The lowest BCUT2D eigenvalue weighted by molar-refractivity contribution is -0.111. The fourth-order valence-corrected chi connectivity index (χ4v) is 4.34. The number of nitrogens with zero attached hydrogens (tertiary/aromatic N) is 2. The fraction of sp³-hybridized carbons (Fsp3) is 0.208. The minimum atomic E-state index is -2.97. The van der Waals surface area contributed by atoms with Crippen LogP contribution >= 0.6 is 11.8 Å². The Morgan fingerprint density at radius 3 is 2.38 bits per heavy atom. The predicted molar refractivity (Wildman–Crippen MR) is 129 cm³/mol. The summed E-state index contributed by atoms with van der Waals surface area (Å²) < 4.78 is 22.7. The van der Waals surface area contributed by atoms with Crippen LogP contribution in [0.1, 0.15) is 22.5 Å². The van der Waals surface area contributed by atoms with Crippen molar-refractivity contribution in [2.75, 3.05) is 17.3 Å². The number of aromatic nitrogens is 2. The predicted octanol–water partition coefficient (Wildman–Crippen LogP) is 4.24. The molecule has 0 fully saturated rings. The van der Waals surface area contributed by atoms with E-state index in [0.717, 1.165) is 32.4 Å². The van der Waals surface area contributed by atoms with Crippen LogP contribution in [0.2, 0.25) is 0 Å². The van der Waals surface area contributed by atoms with Gasteiger partial charge in [-0.2, -0.15) is 0 Å². The van der Waals surface area contributed by atoms with Gasteiger partial charge >= 0.3 is 0 Å². The number of carbonyl (C=O) groups is 1. The SMILES string of the molecule is C=CC(=O)Nc1ccc(Sc2nc(Cc3ccc(CCS(C)(=O)=O)cc3)ncc2C)cc1. The highest BCUT2D eigenvalue weighted by atomic mass is 32.2. The summed E-state index contributed by atoms with van der Waals surface area (Å²) in [6.45, 7) is 5.42. The highest BCUT2D eigenvalue weighted by Gasteiger charge is 2.09. The highest BCUT2D eigenvalue weighted by Crippen LogP contribution is 2.29. The maximum Gasteiger partial charge on any atom is 0.247 e. The number of aryl methyl sites for hydroxylation is 2. The lowest BCUT2D eigenvalue weighted by Crippen LogP contribution is -2.06.